The van der Waals surface area contributed by atoms with E-state index in [1.807, 2.05) is 6.92 Å². The van der Waals surface area contributed by atoms with E-state index in [0.29, 0.717) is 16.4 Å². The number of hydrazone groups is 1. The molecule has 0 aliphatic heterocycles. The molecular weight excluding hydrogens is 350 g/mol. The SMILES string of the molecule is Cc1cc(N/N=C/[C@H](O)[C@@H](O)[C@@H](O)[C@H](O)CO)nc2ccc(Cl)cc12. The van der Waals surface area contributed by atoms with Gasteiger partial charge in [-0.25, -0.2) is 4.98 Å². The Morgan fingerprint density at radius 1 is 1.20 bits per heavy atom. The van der Waals surface area contributed by atoms with E-state index >= 15 is 0 Å². The van der Waals surface area contributed by atoms with Crippen molar-refractivity contribution < 1.29 is 25.5 Å². The molecule has 0 bridgehead atoms. The van der Waals surface area contributed by atoms with Crippen LogP contribution in [0.25, 0.3) is 10.9 Å². The molecule has 0 aliphatic carbocycles. The maximum Gasteiger partial charge on any atom is 0.147 e. The molecule has 6 N–H and O–H groups in total. The fourth-order valence-electron chi connectivity index (χ4n) is 2.23. The monoisotopic (exact) mass is 369 g/mol. The lowest BCUT2D eigenvalue weighted by Crippen LogP contribution is -2.46. The van der Waals surface area contributed by atoms with Gasteiger partial charge in [0.15, 0.2) is 0 Å². The van der Waals surface area contributed by atoms with Crippen LogP contribution in [-0.2, 0) is 0 Å². The number of nitrogens with zero attached hydrogens (tertiary/aromatic N) is 2. The van der Waals surface area contributed by atoms with E-state index in [1.165, 1.54) is 0 Å². The number of aliphatic hydroxyl groups excluding tert-OH is 5. The van der Waals surface area contributed by atoms with Crippen molar-refractivity contribution in [2.45, 2.75) is 31.3 Å². The lowest BCUT2D eigenvalue weighted by molar-refractivity contribution is -0.0999. The van der Waals surface area contributed by atoms with Gasteiger partial charge in [-0.2, -0.15) is 5.10 Å². The number of pyridine rings is 1. The van der Waals surface area contributed by atoms with Crippen LogP contribution in [-0.4, -0.2) is 67.8 Å². The number of nitrogens with one attached hydrogen (secondary N) is 1. The first-order valence-electron chi connectivity index (χ1n) is 7.52. The van der Waals surface area contributed by atoms with Crippen molar-refractivity contribution >= 4 is 34.5 Å². The molecule has 0 unspecified atom stereocenters. The molecular formula is C16H20ClN3O5. The van der Waals surface area contributed by atoms with E-state index in [1.54, 1.807) is 24.3 Å². The molecule has 0 amide bonds. The minimum atomic E-state index is -1.71. The second kappa shape index (κ2) is 8.52. The summed E-state index contributed by atoms with van der Waals surface area (Å²) in [4.78, 5) is 4.35. The third kappa shape index (κ3) is 4.85. The van der Waals surface area contributed by atoms with Crippen molar-refractivity contribution in [3.8, 4) is 0 Å². The van der Waals surface area contributed by atoms with Crippen molar-refractivity contribution in [2.24, 2.45) is 5.10 Å². The zero-order valence-corrected chi connectivity index (χ0v) is 14.2. The number of anilines is 1. The number of fused-ring (bicyclic) bond motifs is 1. The first-order valence-corrected chi connectivity index (χ1v) is 7.90. The average molecular weight is 370 g/mol. The van der Waals surface area contributed by atoms with Crippen molar-refractivity contribution in [3.05, 3.63) is 34.9 Å². The van der Waals surface area contributed by atoms with Crippen LogP contribution >= 0.6 is 11.6 Å². The molecule has 1 heterocycles. The van der Waals surface area contributed by atoms with Crippen LogP contribution in [0.2, 0.25) is 5.02 Å². The standard InChI is InChI=1S/C16H20ClN3O5/c1-8-4-14(19-11-3-2-9(17)5-10(8)11)20-18-6-12(22)15(24)16(25)13(23)7-21/h2-6,12-13,15-16,21-25H,7H2,1H3,(H,19,20)/b18-6+/t12-,13+,15+,16-/m0/s1. The largest absolute Gasteiger partial charge is 0.394 e. The number of aliphatic hydroxyl groups is 5. The van der Waals surface area contributed by atoms with Gasteiger partial charge in [-0.15, -0.1) is 0 Å². The normalized spacial score (nSPS) is 16.8. The quantitative estimate of drug-likeness (QED) is 0.299. The molecule has 0 fully saturated rings. The summed E-state index contributed by atoms with van der Waals surface area (Å²) in [5.41, 5.74) is 4.26. The molecule has 136 valence electrons. The molecule has 8 nitrogen and oxygen atoms in total. The lowest BCUT2D eigenvalue weighted by Gasteiger charge is -2.23. The fraction of sp³-hybridized carbons (Fsp3) is 0.375. The highest BCUT2D eigenvalue weighted by atomic mass is 35.5. The summed E-state index contributed by atoms with van der Waals surface area (Å²) in [5, 5.41) is 52.2. The second-order valence-corrected chi connectivity index (χ2v) is 6.03. The van der Waals surface area contributed by atoms with Gasteiger partial charge in [-0.3, -0.25) is 5.43 Å². The number of aryl methyl sites for hydroxylation is 1. The van der Waals surface area contributed by atoms with Crippen molar-refractivity contribution in [1.82, 2.24) is 4.98 Å². The molecule has 9 heteroatoms. The minimum Gasteiger partial charge on any atom is -0.394 e. The first kappa shape index (κ1) is 19.5. The zero-order chi connectivity index (χ0) is 18.6. The molecule has 4 atom stereocenters. The molecule has 0 saturated carbocycles. The summed E-state index contributed by atoms with van der Waals surface area (Å²) in [6, 6.07) is 7.03. The van der Waals surface area contributed by atoms with Gasteiger partial charge in [0.1, 0.15) is 30.2 Å². The van der Waals surface area contributed by atoms with Gasteiger partial charge >= 0.3 is 0 Å². The van der Waals surface area contributed by atoms with Gasteiger partial charge < -0.3 is 25.5 Å². The summed E-state index contributed by atoms with van der Waals surface area (Å²) in [6.45, 7) is 1.14. The van der Waals surface area contributed by atoms with Crippen LogP contribution in [0.3, 0.4) is 0 Å². The Labute approximate surface area is 149 Å². The Hall–Kier alpha value is -1.81. The third-order valence-corrected chi connectivity index (χ3v) is 3.90. The molecule has 1 aromatic heterocycles. The Bertz CT molecular complexity index is 758. The van der Waals surface area contributed by atoms with E-state index < -0.39 is 31.0 Å². The molecule has 0 radical (unpaired) electrons. The van der Waals surface area contributed by atoms with Crippen LogP contribution in [0, 0.1) is 6.92 Å². The fourth-order valence-corrected chi connectivity index (χ4v) is 2.40. The number of aromatic nitrogens is 1. The van der Waals surface area contributed by atoms with E-state index in [-0.39, 0.29) is 0 Å². The van der Waals surface area contributed by atoms with Crippen LogP contribution in [0.1, 0.15) is 5.56 Å². The number of halogens is 1. The molecule has 0 saturated heterocycles. The summed E-state index contributed by atoms with van der Waals surface area (Å²) < 4.78 is 0. The molecule has 2 rings (SSSR count). The van der Waals surface area contributed by atoms with Crippen LogP contribution in [0.15, 0.2) is 29.4 Å². The number of hydrogen-bond donors (Lipinski definition) is 6. The van der Waals surface area contributed by atoms with Crippen LogP contribution in [0.5, 0.6) is 0 Å². The second-order valence-electron chi connectivity index (χ2n) is 5.60. The topological polar surface area (TPSA) is 138 Å². The predicted octanol–water partition coefficient (Wildman–Crippen LogP) is 0.0302. The molecule has 25 heavy (non-hydrogen) atoms. The molecule has 0 aliphatic rings. The van der Waals surface area contributed by atoms with Gasteiger partial charge in [0.25, 0.3) is 0 Å². The van der Waals surface area contributed by atoms with Crippen LogP contribution in [0.4, 0.5) is 5.82 Å². The zero-order valence-electron chi connectivity index (χ0n) is 13.4. The smallest absolute Gasteiger partial charge is 0.147 e. The van der Waals surface area contributed by atoms with Gasteiger partial charge in [-0.05, 0) is 36.8 Å². The van der Waals surface area contributed by atoms with Gasteiger partial charge in [0.2, 0.25) is 0 Å². The van der Waals surface area contributed by atoms with E-state index in [0.717, 1.165) is 17.2 Å². The van der Waals surface area contributed by atoms with E-state index in [4.69, 9.17) is 16.7 Å². The van der Waals surface area contributed by atoms with E-state index in [9.17, 15) is 20.4 Å². The van der Waals surface area contributed by atoms with Gasteiger partial charge in [0.05, 0.1) is 18.3 Å². The number of hydrogen-bond acceptors (Lipinski definition) is 8. The summed E-state index contributed by atoms with van der Waals surface area (Å²) in [7, 11) is 0. The Morgan fingerprint density at radius 2 is 1.92 bits per heavy atom. The number of benzene rings is 1. The highest BCUT2D eigenvalue weighted by molar-refractivity contribution is 6.31. The molecule has 0 spiro atoms. The molecule has 1 aromatic carbocycles. The van der Waals surface area contributed by atoms with Crippen molar-refractivity contribution in [2.75, 3.05) is 12.0 Å². The summed E-state index contributed by atoms with van der Waals surface area (Å²) >= 11 is 5.96. The van der Waals surface area contributed by atoms with Gasteiger partial charge in [-0.1, -0.05) is 11.6 Å². The van der Waals surface area contributed by atoms with E-state index in [2.05, 4.69) is 15.5 Å². The summed E-state index contributed by atoms with van der Waals surface area (Å²) in [6.07, 6.45) is -5.58. The number of rotatable bonds is 7. The Morgan fingerprint density at radius 3 is 2.60 bits per heavy atom. The maximum atomic E-state index is 9.74. The van der Waals surface area contributed by atoms with Gasteiger partial charge in [0, 0.05) is 10.4 Å². The minimum absolute atomic E-state index is 0.418. The van der Waals surface area contributed by atoms with Crippen molar-refractivity contribution in [1.29, 1.82) is 0 Å². The van der Waals surface area contributed by atoms with Crippen LogP contribution < -0.4 is 5.43 Å². The first-order chi connectivity index (χ1) is 11.8. The lowest BCUT2D eigenvalue weighted by atomic mass is 10.0. The maximum absolute atomic E-state index is 9.74. The average Bonchev–Trinajstić information content (AvgIpc) is 2.60. The predicted molar refractivity (Wildman–Crippen MR) is 94.7 cm³/mol. The third-order valence-electron chi connectivity index (χ3n) is 3.67. The summed E-state index contributed by atoms with van der Waals surface area (Å²) in [5.74, 6) is 0.418. The highest BCUT2D eigenvalue weighted by Gasteiger charge is 2.29. The van der Waals surface area contributed by atoms with Crippen molar-refractivity contribution in [3.63, 3.8) is 0 Å². The molecule has 2 aromatic rings. The Kier molecular flexibility index (Phi) is 6.65. The highest BCUT2D eigenvalue weighted by Crippen LogP contribution is 2.23. The Balaban J connectivity index is 2.06.